The first-order valence-corrected chi connectivity index (χ1v) is 7.66. The van der Waals surface area contributed by atoms with Crippen LogP contribution in [0.3, 0.4) is 0 Å². The van der Waals surface area contributed by atoms with E-state index in [2.05, 4.69) is 10.6 Å². The number of rotatable bonds is 3. The van der Waals surface area contributed by atoms with E-state index in [-0.39, 0.29) is 36.6 Å². The number of piperazine rings is 1. The number of carbonyl (C=O) groups is 2. The second kappa shape index (κ2) is 6.58. The Morgan fingerprint density at radius 2 is 1.96 bits per heavy atom. The van der Waals surface area contributed by atoms with Gasteiger partial charge in [0.05, 0.1) is 6.04 Å². The normalized spacial score (nSPS) is 20.0. The van der Waals surface area contributed by atoms with Gasteiger partial charge in [-0.25, -0.2) is 22.8 Å². The van der Waals surface area contributed by atoms with Crippen LogP contribution in [-0.2, 0) is 6.42 Å². The van der Waals surface area contributed by atoms with Crippen molar-refractivity contribution in [3.8, 4) is 0 Å². The lowest BCUT2D eigenvalue weighted by Crippen LogP contribution is -2.56. The molecular weight excluding hydrogens is 325 g/mol. The second-order valence-electron chi connectivity index (χ2n) is 5.83. The van der Waals surface area contributed by atoms with Crippen LogP contribution in [0.2, 0.25) is 0 Å². The summed E-state index contributed by atoms with van der Waals surface area (Å²) >= 11 is 0. The fraction of sp³-hybridized carbons (Fsp3) is 0.467. The number of amides is 4. The largest absolute Gasteiger partial charge is 0.338 e. The van der Waals surface area contributed by atoms with Gasteiger partial charge in [0, 0.05) is 32.7 Å². The lowest BCUT2D eigenvalue weighted by Gasteiger charge is -2.36. The van der Waals surface area contributed by atoms with Gasteiger partial charge in [0.1, 0.15) is 0 Å². The summed E-state index contributed by atoms with van der Waals surface area (Å²) in [5.41, 5.74) is 0.266. The van der Waals surface area contributed by atoms with Crippen molar-refractivity contribution in [3.05, 3.63) is 35.1 Å². The molecule has 0 spiro atoms. The van der Waals surface area contributed by atoms with Gasteiger partial charge in [-0.2, -0.15) is 0 Å². The van der Waals surface area contributed by atoms with Crippen LogP contribution >= 0.6 is 0 Å². The van der Waals surface area contributed by atoms with Crippen LogP contribution < -0.4 is 10.6 Å². The molecule has 0 radical (unpaired) electrons. The first kappa shape index (κ1) is 16.4. The maximum absolute atomic E-state index is 13.1. The van der Waals surface area contributed by atoms with Crippen molar-refractivity contribution < 1.29 is 22.8 Å². The minimum Gasteiger partial charge on any atom is -0.338 e. The maximum atomic E-state index is 13.1. The van der Waals surface area contributed by atoms with Crippen LogP contribution in [0.4, 0.5) is 22.8 Å². The molecule has 4 amide bonds. The number of hydrogen-bond acceptors (Lipinski definition) is 2. The fourth-order valence-electron chi connectivity index (χ4n) is 2.97. The zero-order valence-corrected chi connectivity index (χ0v) is 12.8. The number of urea groups is 2. The summed E-state index contributed by atoms with van der Waals surface area (Å²) in [6.45, 7) is 2.01. The van der Waals surface area contributed by atoms with E-state index in [9.17, 15) is 22.8 Å². The van der Waals surface area contributed by atoms with Crippen molar-refractivity contribution in [3.63, 3.8) is 0 Å². The molecule has 3 rings (SSSR count). The van der Waals surface area contributed by atoms with Crippen LogP contribution in [0.1, 0.15) is 5.56 Å². The Labute approximate surface area is 136 Å². The highest BCUT2D eigenvalue weighted by Crippen LogP contribution is 2.15. The van der Waals surface area contributed by atoms with E-state index in [1.807, 2.05) is 0 Å². The Balaban J connectivity index is 1.49. The molecule has 2 fully saturated rings. The highest BCUT2D eigenvalue weighted by Gasteiger charge is 2.36. The number of benzene rings is 1. The molecule has 2 saturated heterocycles. The maximum Gasteiger partial charge on any atom is 0.317 e. The molecule has 0 saturated carbocycles. The Morgan fingerprint density at radius 3 is 2.67 bits per heavy atom. The minimum atomic E-state index is -1.50. The van der Waals surface area contributed by atoms with Gasteiger partial charge in [0.2, 0.25) is 0 Å². The quantitative estimate of drug-likeness (QED) is 0.807. The van der Waals surface area contributed by atoms with E-state index >= 15 is 0 Å². The Morgan fingerprint density at radius 1 is 1.25 bits per heavy atom. The van der Waals surface area contributed by atoms with Gasteiger partial charge < -0.3 is 20.4 Å². The third kappa shape index (κ3) is 3.24. The summed E-state index contributed by atoms with van der Waals surface area (Å²) < 4.78 is 39.1. The third-order valence-corrected chi connectivity index (χ3v) is 4.25. The summed E-state index contributed by atoms with van der Waals surface area (Å²) in [6.07, 6.45) is 0.184. The van der Waals surface area contributed by atoms with Crippen molar-refractivity contribution in [2.75, 3.05) is 32.7 Å². The number of fused-ring (bicyclic) bond motifs is 1. The zero-order chi connectivity index (χ0) is 17.3. The molecule has 1 atom stereocenters. The number of carbonyl (C=O) groups excluding carboxylic acids is 2. The molecule has 6 nitrogen and oxygen atoms in total. The molecule has 0 aromatic heterocycles. The van der Waals surface area contributed by atoms with Crippen LogP contribution in [0.5, 0.6) is 0 Å². The molecule has 1 aromatic carbocycles. The molecule has 9 heteroatoms. The fourth-order valence-corrected chi connectivity index (χ4v) is 2.97. The van der Waals surface area contributed by atoms with Gasteiger partial charge in [0.25, 0.3) is 0 Å². The van der Waals surface area contributed by atoms with Gasteiger partial charge in [0.15, 0.2) is 17.5 Å². The summed E-state index contributed by atoms with van der Waals surface area (Å²) in [5, 5.41) is 5.40. The molecule has 0 aliphatic carbocycles. The van der Waals surface area contributed by atoms with E-state index in [0.29, 0.717) is 26.2 Å². The molecule has 0 bridgehead atoms. The summed E-state index contributed by atoms with van der Waals surface area (Å²) in [6, 6.07) is 1.40. The van der Waals surface area contributed by atoms with Gasteiger partial charge in [-0.3, -0.25) is 0 Å². The van der Waals surface area contributed by atoms with Crippen molar-refractivity contribution in [2.24, 2.45) is 0 Å². The molecule has 1 unspecified atom stereocenters. The molecule has 2 aliphatic rings. The average Bonchev–Trinajstić information content (AvgIpc) is 2.93. The van der Waals surface area contributed by atoms with E-state index in [4.69, 9.17) is 0 Å². The highest BCUT2D eigenvalue weighted by atomic mass is 19.2. The van der Waals surface area contributed by atoms with Crippen LogP contribution in [0.25, 0.3) is 0 Å². The number of hydrogen-bond donors (Lipinski definition) is 2. The van der Waals surface area contributed by atoms with Crippen molar-refractivity contribution in [1.82, 2.24) is 20.4 Å². The van der Waals surface area contributed by atoms with E-state index in [1.165, 1.54) is 0 Å². The van der Waals surface area contributed by atoms with Crippen LogP contribution in [0.15, 0.2) is 12.1 Å². The molecule has 130 valence electrons. The third-order valence-electron chi connectivity index (χ3n) is 4.25. The smallest absolute Gasteiger partial charge is 0.317 e. The second-order valence-corrected chi connectivity index (χ2v) is 5.83. The summed E-state index contributed by atoms with van der Waals surface area (Å²) in [7, 11) is 0. The molecular formula is C15H17F3N4O2. The molecule has 2 aliphatic heterocycles. The van der Waals surface area contributed by atoms with Gasteiger partial charge >= 0.3 is 12.1 Å². The van der Waals surface area contributed by atoms with Gasteiger partial charge in [-0.05, 0) is 24.1 Å². The molecule has 2 N–H and O–H groups in total. The topological polar surface area (TPSA) is 64.7 Å². The summed E-state index contributed by atoms with van der Waals surface area (Å²) in [4.78, 5) is 26.9. The lowest BCUT2D eigenvalue weighted by molar-refractivity contribution is 0.130. The Bertz CT molecular complexity index is 647. The SMILES string of the molecule is O=C(NCCc1cc(F)c(F)c(F)c1)N1CCN2C(=O)NCC2C1. The highest BCUT2D eigenvalue weighted by molar-refractivity contribution is 5.78. The standard InChI is InChI=1S/C15H17F3N4O2/c16-11-5-9(6-12(17)13(11)18)1-2-19-14(23)21-3-4-22-10(8-21)7-20-15(22)24/h5-6,10H,1-4,7-8H2,(H,19,23)(H,20,24). The van der Waals surface area contributed by atoms with E-state index < -0.39 is 17.5 Å². The monoisotopic (exact) mass is 342 g/mol. The lowest BCUT2D eigenvalue weighted by atomic mass is 10.1. The first-order chi connectivity index (χ1) is 11.5. The molecule has 2 heterocycles. The molecule has 24 heavy (non-hydrogen) atoms. The van der Waals surface area contributed by atoms with Crippen LogP contribution in [-0.4, -0.2) is 60.6 Å². The van der Waals surface area contributed by atoms with Crippen molar-refractivity contribution in [1.29, 1.82) is 0 Å². The van der Waals surface area contributed by atoms with Gasteiger partial charge in [-0.1, -0.05) is 0 Å². The number of halogens is 3. The average molecular weight is 342 g/mol. The first-order valence-electron chi connectivity index (χ1n) is 7.66. The Hall–Kier alpha value is -2.45. The van der Waals surface area contributed by atoms with E-state index in [0.717, 1.165) is 12.1 Å². The van der Waals surface area contributed by atoms with Crippen LogP contribution in [0, 0.1) is 17.5 Å². The molecule has 1 aromatic rings. The number of nitrogens with zero attached hydrogens (tertiary/aromatic N) is 2. The van der Waals surface area contributed by atoms with Crippen molar-refractivity contribution in [2.45, 2.75) is 12.5 Å². The van der Waals surface area contributed by atoms with E-state index in [1.54, 1.807) is 9.80 Å². The van der Waals surface area contributed by atoms with Gasteiger partial charge in [-0.15, -0.1) is 0 Å². The van der Waals surface area contributed by atoms with Crippen molar-refractivity contribution >= 4 is 12.1 Å². The predicted molar refractivity (Wildman–Crippen MR) is 78.9 cm³/mol. The predicted octanol–water partition coefficient (Wildman–Crippen LogP) is 1.07. The zero-order valence-electron chi connectivity index (χ0n) is 12.8. The Kier molecular flexibility index (Phi) is 4.50. The summed E-state index contributed by atoms with van der Waals surface area (Å²) in [5.74, 6) is -3.99. The minimum absolute atomic E-state index is 0.0303. The number of nitrogens with one attached hydrogen (secondary N) is 2.